The molecule has 0 heterocycles. The maximum atomic E-state index is 10.7. The standard InChI is InChI=1S/C11H21NO2/c1-3-7-12(8-11(13)14)10-6-4-5-9(10)2/h9-10H,3-8H2,1-2H3,(H,13,14). The van der Waals surface area contributed by atoms with E-state index < -0.39 is 5.97 Å². The maximum absolute atomic E-state index is 10.7. The summed E-state index contributed by atoms with van der Waals surface area (Å²) in [5, 5.41) is 8.82. The smallest absolute Gasteiger partial charge is 0.317 e. The first-order valence-electron chi connectivity index (χ1n) is 5.61. The minimum absolute atomic E-state index is 0.211. The van der Waals surface area contributed by atoms with Gasteiger partial charge in [-0.2, -0.15) is 0 Å². The minimum atomic E-state index is -0.697. The summed E-state index contributed by atoms with van der Waals surface area (Å²) in [6, 6.07) is 0.506. The SMILES string of the molecule is CCCN(CC(=O)O)C1CCCC1C. The van der Waals surface area contributed by atoms with Gasteiger partial charge in [0.15, 0.2) is 0 Å². The fourth-order valence-electron chi connectivity index (χ4n) is 2.49. The van der Waals surface area contributed by atoms with Crippen LogP contribution in [-0.2, 0) is 4.79 Å². The molecule has 1 rings (SSSR count). The molecule has 0 aromatic rings. The van der Waals surface area contributed by atoms with Crippen molar-refractivity contribution in [2.24, 2.45) is 5.92 Å². The van der Waals surface area contributed by atoms with Crippen molar-refractivity contribution in [1.29, 1.82) is 0 Å². The van der Waals surface area contributed by atoms with Crippen LogP contribution >= 0.6 is 0 Å². The highest BCUT2D eigenvalue weighted by atomic mass is 16.4. The molecule has 3 nitrogen and oxygen atoms in total. The normalized spacial score (nSPS) is 27.1. The van der Waals surface area contributed by atoms with Gasteiger partial charge in [-0.25, -0.2) is 0 Å². The lowest BCUT2D eigenvalue weighted by molar-refractivity contribution is -0.139. The number of carboxylic acids is 1. The van der Waals surface area contributed by atoms with Crippen LogP contribution in [0.1, 0.15) is 39.5 Å². The van der Waals surface area contributed by atoms with Crippen LogP contribution in [0.15, 0.2) is 0 Å². The molecule has 14 heavy (non-hydrogen) atoms. The zero-order valence-corrected chi connectivity index (χ0v) is 9.20. The van der Waals surface area contributed by atoms with Crippen LogP contribution in [-0.4, -0.2) is 35.1 Å². The van der Waals surface area contributed by atoms with Gasteiger partial charge in [0.1, 0.15) is 0 Å². The van der Waals surface area contributed by atoms with Crippen LogP contribution in [0.5, 0.6) is 0 Å². The third-order valence-electron chi connectivity index (χ3n) is 3.13. The molecule has 1 saturated carbocycles. The third-order valence-corrected chi connectivity index (χ3v) is 3.13. The molecule has 2 unspecified atom stereocenters. The highest BCUT2D eigenvalue weighted by molar-refractivity contribution is 5.69. The average molecular weight is 199 g/mol. The summed E-state index contributed by atoms with van der Waals surface area (Å²) in [6.45, 7) is 5.47. The molecule has 1 N–H and O–H groups in total. The van der Waals surface area contributed by atoms with Crippen molar-refractivity contribution in [2.75, 3.05) is 13.1 Å². The van der Waals surface area contributed by atoms with Crippen molar-refractivity contribution in [1.82, 2.24) is 4.90 Å². The first kappa shape index (κ1) is 11.5. The van der Waals surface area contributed by atoms with E-state index in [1.54, 1.807) is 0 Å². The van der Waals surface area contributed by atoms with E-state index in [4.69, 9.17) is 5.11 Å². The highest BCUT2D eigenvalue weighted by Crippen LogP contribution is 2.29. The summed E-state index contributed by atoms with van der Waals surface area (Å²) in [5.74, 6) is -0.0292. The summed E-state index contributed by atoms with van der Waals surface area (Å²) in [5.41, 5.74) is 0. The van der Waals surface area contributed by atoms with Crippen LogP contribution in [0.25, 0.3) is 0 Å². The Labute approximate surface area is 86.1 Å². The molecule has 0 saturated heterocycles. The summed E-state index contributed by atoms with van der Waals surface area (Å²) in [6.07, 6.45) is 4.72. The molecule has 0 amide bonds. The molecule has 1 aliphatic rings. The summed E-state index contributed by atoms with van der Waals surface area (Å²) in [4.78, 5) is 12.8. The first-order chi connectivity index (χ1) is 6.65. The Balaban J connectivity index is 2.51. The van der Waals surface area contributed by atoms with Crippen molar-refractivity contribution >= 4 is 5.97 Å². The predicted octanol–water partition coefficient (Wildman–Crippen LogP) is 1.97. The van der Waals surface area contributed by atoms with E-state index in [0.29, 0.717) is 12.0 Å². The molecule has 82 valence electrons. The van der Waals surface area contributed by atoms with Gasteiger partial charge >= 0.3 is 5.97 Å². The fraction of sp³-hybridized carbons (Fsp3) is 0.909. The Morgan fingerprint density at radius 3 is 2.64 bits per heavy atom. The second kappa shape index (κ2) is 5.35. The van der Waals surface area contributed by atoms with Crippen LogP contribution < -0.4 is 0 Å². The maximum Gasteiger partial charge on any atom is 0.317 e. The van der Waals surface area contributed by atoms with E-state index in [1.165, 1.54) is 19.3 Å². The lowest BCUT2D eigenvalue weighted by Gasteiger charge is -2.29. The van der Waals surface area contributed by atoms with Gasteiger partial charge in [0.2, 0.25) is 0 Å². The molecule has 0 aromatic carbocycles. The second-order valence-corrected chi connectivity index (χ2v) is 4.34. The van der Waals surface area contributed by atoms with E-state index >= 15 is 0 Å². The van der Waals surface area contributed by atoms with Crippen LogP contribution in [0.2, 0.25) is 0 Å². The number of hydrogen-bond acceptors (Lipinski definition) is 2. The van der Waals surface area contributed by atoms with Crippen molar-refractivity contribution < 1.29 is 9.90 Å². The van der Waals surface area contributed by atoms with Gasteiger partial charge in [-0.15, -0.1) is 0 Å². The number of carbonyl (C=O) groups is 1. The monoisotopic (exact) mass is 199 g/mol. The molecule has 0 spiro atoms. The largest absolute Gasteiger partial charge is 0.480 e. The van der Waals surface area contributed by atoms with Crippen LogP contribution in [0.4, 0.5) is 0 Å². The van der Waals surface area contributed by atoms with Gasteiger partial charge in [0, 0.05) is 6.04 Å². The molecule has 3 heteroatoms. The lowest BCUT2D eigenvalue weighted by atomic mass is 10.0. The number of nitrogens with zero attached hydrogens (tertiary/aromatic N) is 1. The lowest BCUT2D eigenvalue weighted by Crippen LogP contribution is -2.40. The average Bonchev–Trinajstić information content (AvgIpc) is 2.50. The minimum Gasteiger partial charge on any atom is -0.480 e. The van der Waals surface area contributed by atoms with E-state index in [-0.39, 0.29) is 6.54 Å². The molecule has 0 aromatic heterocycles. The van der Waals surface area contributed by atoms with E-state index in [2.05, 4.69) is 18.7 Å². The Morgan fingerprint density at radius 1 is 1.50 bits per heavy atom. The molecule has 2 atom stereocenters. The highest BCUT2D eigenvalue weighted by Gasteiger charge is 2.29. The Kier molecular flexibility index (Phi) is 4.39. The Morgan fingerprint density at radius 2 is 2.21 bits per heavy atom. The summed E-state index contributed by atoms with van der Waals surface area (Å²) in [7, 11) is 0. The Bertz CT molecular complexity index is 194. The number of aliphatic carboxylic acids is 1. The van der Waals surface area contributed by atoms with Crippen molar-refractivity contribution in [3.05, 3.63) is 0 Å². The van der Waals surface area contributed by atoms with Gasteiger partial charge in [-0.05, 0) is 31.7 Å². The van der Waals surface area contributed by atoms with Gasteiger partial charge in [-0.1, -0.05) is 20.3 Å². The molecular weight excluding hydrogens is 178 g/mol. The Hall–Kier alpha value is -0.570. The summed E-state index contributed by atoms with van der Waals surface area (Å²) < 4.78 is 0. The van der Waals surface area contributed by atoms with Gasteiger partial charge in [0.25, 0.3) is 0 Å². The molecule has 1 fully saturated rings. The van der Waals surface area contributed by atoms with E-state index in [9.17, 15) is 4.79 Å². The topological polar surface area (TPSA) is 40.5 Å². The van der Waals surface area contributed by atoms with Gasteiger partial charge < -0.3 is 5.11 Å². The zero-order valence-electron chi connectivity index (χ0n) is 9.20. The predicted molar refractivity (Wildman–Crippen MR) is 56.3 cm³/mol. The molecule has 0 radical (unpaired) electrons. The van der Waals surface area contributed by atoms with Gasteiger partial charge in [0.05, 0.1) is 6.54 Å². The number of carboxylic acid groups (broad SMARTS) is 1. The summed E-state index contributed by atoms with van der Waals surface area (Å²) >= 11 is 0. The van der Waals surface area contributed by atoms with E-state index in [0.717, 1.165) is 13.0 Å². The third kappa shape index (κ3) is 2.98. The van der Waals surface area contributed by atoms with Crippen LogP contribution in [0, 0.1) is 5.92 Å². The van der Waals surface area contributed by atoms with Gasteiger partial charge in [-0.3, -0.25) is 9.69 Å². The number of hydrogen-bond donors (Lipinski definition) is 1. The molecule has 0 bridgehead atoms. The second-order valence-electron chi connectivity index (χ2n) is 4.34. The molecule has 1 aliphatic carbocycles. The first-order valence-corrected chi connectivity index (χ1v) is 5.61. The van der Waals surface area contributed by atoms with Crippen molar-refractivity contribution in [2.45, 2.75) is 45.6 Å². The van der Waals surface area contributed by atoms with Crippen molar-refractivity contribution in [3.8, 4) is 0 Å². The molecular formula is C11H21NO2. The zero-order chi connectivity index (χ0) is 10.6. The molecule has 0 aliphatic heterocycles. The van der Waals surface area contributed by atoms with E-state index in [1.807, 2.05) is 0 Å². The van der Waals surface area contributed by atoms with Crippen molar-refractivity contribution in [3.63, 3.8) is 0 Å². The van der Waals surface area contributed by atoms with Crippen LogP contribution in [0.3, 0.4) is 0 Å². The fourth-order valence-corrected chi connectivity index (χ4v) is 2.49. The number of rotatable bonds is 5. The quantitative estimate of drug-likeness (QED) is 0.736.